The normalized spacial score (nSPS) is 14.2. The summed E-state index contributed by atoms with van der Waals surface area (Å²) in [6.45, 7) is 5.11. The molecule has 38 heavy (non-hydrogen) atoms. The maximum absolute atomic E-state index is 13.2. The number of urea groups is 1. The number of nitrogens with zero attached hydrogens (tertiary/aromatic N) is 2. The number of amides is 2. The molecule has 0 spiro atoms. The van der Waals surface area contributed by atoms with E-state index in [1.54, 1.807) is 4.90 Å². The Labute approximate surface area is 221 Å². The topological polar surface area (TPSA) is 54.0 Å². The summed E-state index contributed by atoms with van der Waals surface area (Å²) in [5.74, 6) is 0.713. The Kier molecular flexibility index (Phi) is 9.62. The van der Waals surface area contributed by atoms with Crippen molar-refractivity contribution in [2.24, 2.45) is 0 Å². The van der Waals surface area contributed by atoms with E-state index in [2.05, 4.69) is 10.2 Å². The second-order valence-electron chi connectivity index (χ2n) is 9.16. The van der Waals surface area contributed by atoms with Crippen molar-refractivity contribution in [3.05, 3.63) is 95.6 Å². The van der Waals surface area contributed by atoms with Crippen LogP contribution in [0.4, 0.5) is 23.7 Å². The summed E-state index contributed by atoms with van der Waals surface area (Å²) in [5.41, 5.74) is 1.25. The fourth-order valence-electron chi connectivity index (χ4n) is 4.19. The van der Waals surface area contributed by atoms with E-state index in [4.69, 9.17) is 9.47 Å². The van der Waals surface area contributed by atoms with E-state index >= 15 is 0 Å². The minimum atomic E-state index is -4.48. The first-order valence-electron chi connectivity index (χ1n) is 12.7. The van der Waals surface area contributed by atoms with Gasteiger partial charge in [-0.05, 0) is 47.9 Å². The van der Waals surface area contributed by atoms with Crippen LogP contribution in [0.2, 0.25) is 0 Å². The zero-order valence-corrected chi connectivity index (χ0v) is 21.1. The first-order chi connectivity index (χ1) is 18.4. The Morgan fingerprint density at radius 2 is 1.68 bits per heavy atom. The van der Waals surface area contributed by atoms with Gasteiger partial charge in [0.05, 0.1) is 18.8 Å². The van der Waals surface area contributed by atoms with Crippen LogP contribution in [0.15, 0.2) is 78.9 Å². The summed E-state index contributed by atoms with van der Waals surface area (Å²) in [5, 5.41) is 2.64. The summed E-state index contributed by atoms with van der Waals surface area (Å²) in [4.78, 5) is 17.1. The van der Waals surface area contributed by atoms with Crippen LogP contribution >= 0.6 is 0 Å². The van der Waals surface area contributed by atoms with Crippen LogP contribution in [0.25, 0.3) is 0 Å². The van der Waals surface area contributed by atoms with Crippen molar-refractivity contribution >= 4 is 11.7 Å². The number of rotatable bonds is 10. The van der Waals surface area contributed by atoms with Crippen molar-refractivity contribution in [1.82, 2.24) is 9.80 Å². The van der Waals surface area contributed by atoms with Gasteiger partial charge in [-0.15, -0.1) is 0 Å². The summed E-state index contributed by atoms with van der Waals surface area (Å²) >= 11 is 0. The van der Waals surface area contributed by atoms with Crippen molar-refractivity contribution in [2.75, 3.05) is 44.7 Å². The third-order valence-corrected chi connectivity index (χ3v) is 6.28. The molecule has 9 heteroatoms. The Morgan fingerprint density at radius 1 is 0.947 bits per heavy atom. The van der Waals surface area contributed by atoms with Crippen LogP contribution < -0.4 is 10.1 Å². The lowest BCUT2D eigenvalue weighted by Crippen LogP contribution is -2.40. The van der Waals surface area contributed by atoms with Gasteiger partial charge in [0.25, 0.3) is 0 Å². The van der Waals surface area contributed by atoms with E-state index in [0.717, 1.165) is 49.3 Å². The monoisotopic (exact) mass is 527 g/mol. The first kappa shape index (κ1) is 27.5. The van der Waals surface area contributed by atoms with E-state index in [0.29, 0.717) is 38.7 Å². The number of hydrogen-bond acceptors (Lipinski definition) is 4. The number of anilines is 1. The van der Waals surface area contributed by atoms with Crippen LogP contribution in [-0.2, 0) is 24.1 Å². The summed E-state index contributed by atoms with van der Waals surface area (Å²) in [7, 11) is 0. The van der Waals surface area contributed by atoms with Gasteiger partial charge in [-0.2, -0.15) is 13.2 Å². The molecule has 0 aromatic heterocycles. The molecule has 0 aliphatic carbocycles. The predicted octanol–water partition coefficient (Wildman–Crippen LogP) is 6.04. The van der Waals surface area contributed by atoms with Crippen LogP contribution in [0.5, 0.6) is 5.75 Å². The van der Waals surface area contributed by atoms with Crippen molar-refractivity contribution in [1.29, 1.82) is 0 Å². The molecule has 1 aliphatic heterocycles. The van der Waals surface area contributed by atoms with Gasteiger partial charge in [-0.1, -0.05) is 48.5 Å². The average Bonchev–Trinajstić information content (AvgIpc) is 2.93. The van der Waals surface area contributed by atoms with Crippen molar-refractivity contribution in [3.8, 4) is 5.75 Å². The minimum absolute atomic E-state index is 0.104. The predicted molar refractivity (Wildman–Crippen MR) is 140 cm³/mol. The Balaban J connectivity index is 1.39. The highest BCUT2D eigenvalue weighted by atomic mass is 19.4. The number of halogens is 3. The third kappa shape index (κ3) is 8.49. The summed E-state index contributed by atoms with van der Waals surface area (Å²) in [6, 6.07) is 21.6. The van der Waals surface area contributed by atoms with E-state index in [9.17, 15) is 18.0 Å². The Morgan fingerprint density at radius 3 is 2.39 bits per heavy atom. The number of carbonyl (C=O) groups is 1. The highest BCUT2D eigenvalue weighted by Gasteiger charge is 2.30. The Hall–Kier alpha value is -3.56. The molecular formula is C29H32F3N3O3. The molecule has 1 fully saturated rings. The number of alkyl halides is 3. The molecule has 6 nitrogen and oxygen atoms in total. The van der Waals surface area contributed by atoms with Crippen LogP contribution in [0.1, 0.15) is 23.1 Å². The van der Waals surface area contributed by atoms with Crippen LogP contribution in [0, 0.1) is 0 Å². The highest BCUT2D eigenvalue weighted by Crippen LogP contribution is 2.30. The van der Waals surface area contributed by atoms with Gasteiger partial charge < -0.3 is 19.7 Å². The molecule has 0 radical (unpaired) electrons. The molecule has 3 aromatic carbocycles. The lowest BCUT2D eigenvalue weighted by Gasteiger charge is -2.28. The molecule has 2 amide bonds. The van der Waals surface area contributed by atoms with Gasteiger partial charge in [0.2, 0.25) is 0 Å². The van der Waals surface area contributed by atoms with Crippen molar-refractivity contribution < 1.29 is 27.4 Å². The molecule has 1 heterocycles. The summed E-state index contributed by atoms with van der Waals surface area (Å²) < 4.78 is 50.6. The molecule has 4 rings (SSSR count). The van der Waals surface area contributed by atoms with E-state index in [1.165, 1.54) is 12.1 Å². The lowest BCUT2D eigenvalue weighted by atomic mass is 10.2. The van der Waals surface area contributed by atoms with Gasteiger partial charge in [0.15, 0.2) is 0 Å². The Bertz CT molecular complexity index is 1150. The number of nitrogens with one attached hydrogen (secondary N) is 1. The largest absolute Gasteiger partial charge is 0.489 e. The molecule has 3 aromatic rings. The standard InChI is InChI=1S/C29H32F3N3O3/c30-29(31,32)25-8-4-9-26(20-25)33-28(36)35(15-5-14-34-16-18-37-19-17-34)21-23-10-12-27(13-11-23)38-22-24-6-2-1-3-7-24/h1-4,6-13,20H,5,14-19,21-22H2,(H,33,36). The fourth-order valence-corrected chi connectivity index (χ4v) is 4.19. The van der Waals surface area contributed by atoms with Crippen molar-refractivity contribution in [2.45, 2.75) is 25.7 Å². The zero-order chi connectivity index (χ0) is 26.8. The lowest BCUT2D eigenvalue weighted by molar-refractivity contribution is -0.137. The van der Waals surface area contributed by atoms with Crippen LogP contribution in [-0.4, -0.2) is 55.2 Å². The molecule has 0 bridgehead atoms. The van der Waals surface area contributed by atoms with E-state index < -0.39 is 17.8 Å². The first-order valence-corrected chi connectivity index (χ1v) is 12.7. The SMILES string of the molecule is O=C(Nc1cccc(C(F)(F)F)c1)N(CCCN1CCOCC1)Cc1ccc(OCc2ccccc2)cc1. The average molecular weight is 528 g/mol. The second kappa shape index (κ2) is 13.3. The van der Waals surface area contributed by atoms with Gasteiger partial charge in [-0.25, -0.2) is 4.79 Å². The molecule has 1 aliphatic rings. The van der Waals surface area contributed by atoms with E-state index in [1.807, 2.05) is 54.6 Å². The van der Waals surface area contributed by atoms with Gasteiger partial charge >= 0.3 is 12.2 Å². The number of carbonyl (C=O) groups excluding carboxylic acids is 1. The number of ether oxygens (including phenoxy) is 2. The second-order valence-corrected chi connectivity index (χ2v) is 9.16. The molecule has 202 valence electrons. The van der Waals surface area contributed by atoms with Gasteiger partial charge in [0, 0.05) is 38.4 Å². The highest BCUT2D eigenvalue weighted by molar-refractivity contribution is 5.89. The van der Waals surface area contributed by atoms with Gasteiger partial charge in [0.1, 0.15) is 12.4 Å². The molecule has 0 atom stereocenters. The maximum Gasteiger partial charge on any atom is 0.416 e. The zero-order valence-electron chi connectivity index (χ0n) is 21.1. The molecule has 0 saturated carbocycles. The fraction of sp³-hybridized carbons (Fsp3) is 0.345. The van der Waals surface area contributed by atoms with Crippen molar-refractivity contribution in [3.63, 3.8) is 0 Å². The summed E-state index contributed by atoms with van der Waals surface area (Å²) in [6.07, 6.45) is -3.75. The number of hydrogen-bond donors (Lipinski definition) is 1. The number of morpholine rings is 1. The van der Waals surface area contributed by atoms with Crippen LogP contribution in [0.3, 0.4) is 0 Å². The smallest absolute Gasteiger partial charge is 0.416 e. The number of benzene rings is 3. The quantitative estimate of drug-likeness (QED) is 0.349. The minimum Gasteiger partial charge on any atom is -0.489 e. The maximum atomic E-state index is 13.2. The third-order valence-electron chi connectivity index (χ3n) is 6.28. The molecule has 0 unspecified atom stereocenters. The molecular weight excluding hydrogens is 495 g/mol. The van der Waals surface area contributed by atoms with E-state index in [-0.39, 0.29) is 5.69 Å². The molecule has 1 N–H and O–H groups in total. The van der Waals surface area contributed by atoms with Gasteiger partial charge in [-0.3, -0.25) is 4.90 Å². The molecule has 1 saturated heterocycles.